The molecule has 19 heavy (non-hydrogen) atoms. The number of hydrogen-bond acceptors (Lipinski definition) is 2. The summed E-state index contributed by atoms with van der Waals surface area (Å²) in [5, 5.41) is 5.77. The first-order valence-corrected chi connectivity index (χ1v) is 7.02. The van der Waals surface area contributed by atoms with Gasteiger partial charge in [0.25, 0.3) is 0 Å². The number of fused-ring (bicyclic) bond motifs is 1. The maximum atomic E-state index is 11.5. The quantitative estimate of drug-likeness (QED) is 0.875. The van der Waals surface area contributed by atoms with Crippen molar-refractivity contribution in [1.29, 1.82) is 0 Å². The van der Waals surface area contributed by atoms with Gasteiger partial charge in [-0.25, -0.2) is 4.79 Å². The van der Waals surface area contributed by atoms with Gasteiger partial charge in [0.15, 0.2) is 0 Å². The van der Waals surface area contributed by atoms with E-state index in [0.717, 1.165) is 38.2 Å². The molecule has 0 saturated heterocycles. The molecular weight excluding hydrogens is 240 g/mol. The third kappa shape index (κ3) is 4.16. The number of carbonyl (C=O) groups is 1. The Morgan fingerprint density at radius 2 is 2.21 bits per heavy atom. The molecule has 4 nitrogen and oxygen atoms in total. The minimum atomic E-state index is -0.0692. The fourth-order valence-corrected chi connectivity index (χ4v) is 2.27. The lowest BCUT2D eigenvalue weighted by molar-refractivity contribution is 0.236. The van der Waals surface area contributed by atoms with Crippen LogP contribution in [0.15, 0.2) is 24.3 Å². The molecule has 0 fully saturated rings. The van der Waals surface area contributed by atoms with Gasteiger partial charge >= 0.3 is 6.03 Å². The first-order chi connectivity index (χ1) is 9.29. The summed E-state index contributed by atoms with van der Waals surface area (Å²) in [6.07, 6.45) is 2.89. The van der Waals surface area contributed by atoms with Crippen molar-refractivity contribution >= 4 is 6.03 Å². The number of hydrogen-bond donors (Lipinski definition) is 2. The number of nitrogens with one attached hydrogen (secondary N) is 2. The highest BCUT2D eigenvalue weighted by Gasteiger charge is 2.17. The van der Waals surface area contributed by atoms with E-state index in [9.17, 15) is 4.79 Å². The van der Waals surface area contributed by atoms with E-state index in [1.165, 1.54) is 5.56 Å². The van der Waals surface area contributed by atoms with E-state index in [1.807, 2.05) is 25.1 Å². The maximum absolute atomic E-state index is 11.5. The van der Waals surface area contributed by atoms with Gasteiger partial charge < -0.3 is 15.4 Å². The fourth-order valence-electron chi connectivity index (χ4n) is 2.27. The second kappa shape index (κ2) is 7.02. The molecule has 0 saturated carbocycles. The predicted octanol–water partition coefficient (Wildman–Crippen LogP) is 2.34. The zero-order valence-corrected chi connectivity index (χ0v) is 11.4. The van der Waals surface area contributed by atoms with Gasteiger partial charge in [-0.2, -0.15) is 0 Å². The molecule has 0 unspecified atom stereocenters. The van der Waals surface area contributed by atoms with E-state index in [0.29, 0.717) is 12.5 Å². The molecule has 0 aromatic heterocycles. The van der Waals surface area contributed by atoms with Crippen molar-refractivity contribution in [3.8, 4) is 5.75 Å². The van der Waals surface area contributed by atoms with Crippen LogP contribution in [0.25, 0.3) is 0 Å². The summed E-state index contributed by atoms with van der Waals surface area (Å²) >= 11 is 0. The monoisotopic (exact) mass is 262 g/mol. The summed E-state index contributed by atoms with van der Waals surface area (Å²) in [4.78, 5) is 11.5. The molecule has 0 radical (unpaired) electrons. The number of urea groups is 1. The SMILES string of the molecule is CCCNC(=O)NC[C@@H]1CCOc2ccccc2C1. The van der Waals surface area contributed by atoms with Gasteiger partial charge in [0.1, 0.15) is 5.75 Å². The second-order valence-electron chi connectivity index (χ2n) is 4.95. The van der Waals surface area contributed by atoms with Crippen LogP contribution < -0.4 is 15.4 Å². The summed E-state index contributed by atoms with van der Waals surface area (Å²) < 4.78 is 5.72. The third-order valence-corrected chi connectivity index (χ3v) is 3.35. The van der Waals surface area contributed by atoms with Gasteiger partial charge in [-0.3, -0.25) is 0 Å². The van der Waals surface area contributed by atoms with Crippen LogP contribution in [-0.4, -0.2) is 25.7 Å². The Labute approximate surface area is 114 Å². The Balaban J connectivity index is 1.84. The molecule has 2 rings (SSSR count). The molecule has 2 amide bonds. The predicted molar refractivity (Wildman–Crippen MR) is 75.4 cm³/mol. The Bertz CT molecular complexity index is 420. The van der Waals surface area contributed by atoms with E-state index < -0.39 is 0 Å². The second-order valence-corrected chi connectivity index (χ2v) is 4.95. The van der Waals surface area contributed by atoms with E-state index in [4.69, 9.17) is 4.74 Å². The topological polar surface area (TPSA) is 50.4 Å². The Kier molecular flexibility index (Phi) is 5.07. The Hall–Kier alpha value is -1.71. The molecule has 1 aromatic rings. The molecule has 1 aliphatic heterocycles. The van der Waals surface area contributed by atoms with Crippen molar-refractivity contribution in [1.82, 2.24) is 10.6 Å². The van der Waals surface area contributed by atoms with Crippen molar-refractivity contribution in [2.75, 3.05) is 19.7 Å². The first kappa shape index (κ1) is 13.7. The molecular formula is C15H22N2O2. The average molecular weight is 262 g/mol. The van der Waals surface area contributed by atoms with Crippen LogP contribution in [0, 0.1) is 5.92 Å². The van der Waals surface area contributed by atoms with E-state index >= 15 is 0 Å². The molecule has 0 spiro atoms. The summed E-state index contributed by atoms with van der Waals surface area (Å²) in [5.74, 6) is 1.43. The lowest BCUT2D eigenvalue weighted by Crippen LogP contribution is -2.39. The number of ether oxygens (including phenoxy) is 1. The molecule has 1 aromatic carbocycles. The molecule has 0 bridgehead atoms. The van der Waals surface area contributed by atoms with Gasteiger partial charge in [0, 0.05) is 13.1 Å². The van der Waals surface area contributed by atoms with Crippen LogP contribution in [-0.2, 0) is 6.42 Å². The van der Waals surface area contributed by atoms with E-state index in [-0.39, 0.29) is 6.03 Å². The highest BCUT2D eigenvalue weighted by Crippen LogP contribution is 2.26. The fraction of sp³-hybridized carbons (Fsp3) is 0.533. The third-order valence-electron chi connectivity index (χ3n) is 3.35. The minimum Gasteiger partial charge on any atom is -0.493 e. The molecule has 2 N–H and O–H groups in total. The van der Waals surface area contributed by atoms with Gasteiger partial charge in [-0.1, -0.05) is 25.1 Å². The van der Waals surface area contributed by atoms with Crippen LogP contribution in [0.3, 0.4) is 0 Å². The van der Waals surface area contributed by atoms with Gasteiger partial charge in [-0.05, 0) is 36.8 Å². The van der Waals surface area contributed by atoms with Crippen molar-refractivity contribution in [3.63, 3.8) is 0 Å². The minimum absolute atomic E-state index is 0.0692. The molecule has 1 aliphatic rings. The molecule has 1 atom stereocenters. The normalized spacial score (nSPS) is 17.8. The number of carbonyl (C=O) groups excluding carboxylic acids is 1. The summed E-state index contributed by atoms with van der Waals surface area (Å²) in [7, 11) is 0. The summed E-state index contributed by atoms with van der Waals surface area (Å²) in [6.45, 7) is 4.19. The zero-order valence-electron chi connectivity index (χ0n) is 11.4. The smallest absolute Gasteiger partial charge is 0.314 e. The molecule has 104 valence electrons. The van der Waals surface area contributed by atoms with Crippen LogP contribution in [0.1, 0.15) is 25.3 Å². The first-order valence-electron chi connectivity index (χ1n) is 7.02. The van der Waals surface area contributed by atoms with Gasteiger partial charge in [-0.15, -0.1) is 0 Å². The lowest BCUT2D eigenvalue weighted by Gasteiger charge is -2.14. The zero-order chi connectivity index (χ0) is 13.5. The molecule has 0 aliphatic carbocycles. The van der Waals surface area contributed by atoms with Crippen LogP contribution in [0.4, 0.5) is 4.79 Å². The average Bonchev–Trinajstić information content (AvgIpc) is 2.64. The number of para-hydroxylation sites is 1. The highest BCUT2D eigenvalue weighted by molar-refractivity contribution is 5.73. The maximum Gasteiger partial charge on any atom is 0.314 e. The van der Waals surface area contributed by atoms with Gasteiger partial charge in [0.05, 0.1) is 6.61 Å². The van der Waals surface area contributed by atoms with Crippen LogP contribution in [0.5, 0.6) is 5.75 Å². The summed E-state index contributed by atoms with van der Waals surface area (Å²) in [6, 6.07) is 8.08. The highest BCUT2D eigenvalue weighted by atomic mass is 16.5. The van der Waals surface area contributed by atoms with Gasteiger partial charge in [0.2, 0.25) is 0 Å². The Morgan fingerprint density at radius 3 is 3.05 bits per heavy atom. The standard InChI is InChI=1S/C15H22N2O2/c1-2-8-16-15(18)17-11-12-7-9-19-14-6-4-3-5-13(14)10-12/h3-6,12H,2,7-11H2,1H3,(H2,16,17,18)/t12-/m1/s1. The van der Waals surface area contributed by atoms with Crippen molar-refractivity contribution < 1.29 is 9.53 Å². The summed E-state index contributed by atoms with van der Waals surface area (Å²) in [5.41, 5.74) is 1.24. The molecule has 4 heteroatoms. The largest absolute Gasteiger partial charge is 0.493 e. The van der Waals surface area contributed by atoms with Crippen molar-refractivity contribution in [3.05, 3.63) is 29.8 Å². The van der Waals surface area contributed by atoms with E-state index in [2.05, 4.69) is 16.7 Å². The number of benzene rings is 1. The number of amides is 2. The van der Waals surface area contributed by atoms with Crippen LogP contribution >= 0.6 is 0 Å². The lowest BCUT2D eigenvalue weighted by atomic mass is 9.97. The molecule has 1 heterocycles. The van der Waals surface area contributed by atoms with Crippen molar-refractivity contribution in [2.45, 2.75) is 26.2 Å². The Morgan fingerprint density at radius 1 is 1.37 bits per heavy atom. The number of rotatable bonds is 4. The van der Waals surface area contributed by atoms with Crippen molar-refractivity contribution in [2.24, 2.45) is 5.92 Å². The van der Waals surface area contributed by atoms with E-state index in [1.54, 1.807) is 0 Å². The van der Waals surface area contributed by atoms with Crippen LogP contribution in [0.2, 0.25) is 0 Å².